The largest absolute Gasteiger partial charge is 0.348 e. The van der Waals surface area contributed by atoms with Crippen molar-refractivity contribution < 1.29 is 14.0 Å². The van der Waals surface area contributed by atoms with Gasteiger partial charge in [-0.2, -0.15) is 5.10 Å². The Morgan fingerprint density at radius 1 is 1.26 bits per heavy atom. The van der Waals surface area contributed by atoms with Gasteiger partial charge in [0.05, 0.1) is 16.2 Å². The average molecular weight is 555 g/mol. The molecular weight excluding hydrogens is 534 g/mol. The van der Waals surface area contributed by atoms with Crippen LogP contribution in [0.1, 0.15) is 42.6 Å². The van der Waals surface area contributed by atoms with Crippen LogP contribution in [-0.2, 0) is 4.79 Å². The number of carbonyl (C=O) groups excluding carboxylic acids is 2. The molecule has 3 aromatic rings. The fraction of sp³-hybridized carbons (Fsp3) is 0.318. The molecule has 31 heavy (non-hydrogen) atoms. The highest BCUT2D eigenvalue weighted by atomic mass is 127. The van der Waals surface area contributed by atoms with Crippen LogP contribution in [0, 0.1) is 9.39 Å². The summed E-state index contributed by atoms with van der Waals surface area (Å²) in [6.45, 7) is 0.507. The Labute approximate surface area is 197 Å². The van der Waals surface area contributed by atoms with Crippen LogP contribution in [0.25, 0.3) is 10.9 Å². The van der Waals surface area contributed by atoms with Gasteiger partial charge < -0.3 is 10.2 Å². The lowest BCUT2D eigenvalue weighted by Crippen LogP contribution is -2.36. The second kappa shape index (κ2) is 9.52. The maximum absolute atomic E-state index is 13.4. The van der Waals surface area contributed by atoms with E-state index in [1.54, 1.807) is 4.90 Å². The molecule has 0 unspecified atom stereocenters. The zero-order valence-electron chi connectivity index (χ0n) is 16.6. The summed E-state index contributed by atoms with van der Waals surface area (Å²) in [6, 6.07) is 9.66. The van der Waals surface area contributed by atoms with Crippen LogP contribution in [0.15, 0.2) is 36.4 Å². The van der Waals surface area contributed by atoms with E-state index in [0.717, 1.165) is 33.7 Å². The van der Waals surface area contributed by atoms with Gasteiger partial charge in [0.25, 0.3) is 5.91 Å². The van der Waals surface area contributed by atoms with Gasteiger partial charge in [-0.1, -0.05) is 17.7 Å². The lowest BCUT2D eigenvalue weighted by atomic mass is 10.0. The van der Waals surface area contributed by atoms with Crippen molar-refractivity contribution >= 4 is 62.6 Å². The minimum Gasteiger partial charge on any atom is -0.348 e. The van der Waals surface area contributed by atoms with Crippen LogP contribution in [0.5, 0.6) is 0 Å². The van der Waals surface area contributed by atoms with E-state index in [0.29, 0.717) is 24.3 Å². The van der Waals surface area contributed by atoms with Crippen molar-refractivity contribution in [3.05, 3.63) is 56.5 Å². The van der Waals surface area contributed by atoms with E-state index in [1.165, 1.54) is 18.2 Å². The van der Waals surface area contributed by atoms with Crippen molar-refractivity contribution in [1.29, 1.82) is 0 Å². The molecule has 9 heteroatoms. The van der Waals surface area contributed by atoms with Crippen molar-refractivity contribution in [1.82, 2.24) is 15.5 Å². The smallest absolute Gasteiger partial charge is 0.272 e. The van der Waals surface area contributed by atoms with Crippen molar-refractivity contribution in [2.24, 2.45) is 0 Å². The molecule has 2 aromatic carbocycles. The maximum atomic E-state index is 13.4. The number of rotatable bonds is 3. The number of nitrogens with one attached hydrogen (secondary N) is 2. The van der Waals surface area contributed by atoms with Crippen LogP contribution in [0.4, 0.5) is 10.1 Å². The number of H-pyrrole nitrogens is 1. The third-order valence-corrected chi connectivity index (χ3v) is 6.68. The van der Waals surface area contributed by atoms with Crippen LogP contribution < -0.4 is 10.2 Å². The first-order valence-electron chi connectivity index (χ1n) is 10.1. The summed E-state index contributed by atoms with van der Waals surface area (Å²) in [5.41, 5.74) is 1.70. The SMILES string of the molecule is O=C(N[C@@H]1CCCCN(c2ccc(F)cc2Cl)C(=O)CC1)c1n[nH]c2cccc(I)c12. The van der Waals surface area contributed by atoms with Gasteiger partial charge in [-0.05, 0) is 78.6 Å². The predicted octanol–water partition coefficient (Wildman–Crippen LogP) is 5.06. The Bertz CT molecular complexity index is 1140. The van der Waals surface area contributed by atoms with Gasteiger partial charge in [-0.25, -0.2) is 4.39 Å². The van der Waals surface area contributed by atoms with Crippen LogP contribution in [0.3, 0.4) is 0 Å². The highest BCUT2D eigenvalue weighted by molar-refractivity contribution is 14.1. The Hall–Kier alpha value is -2.20. The molecule has 0 bridgehead atoms. The maximum Gasteiger partial charge on any atom is 0.272 e. The second-order valence-electron chi connectivity index (χ2n) is 7.58. The number of aromatic amines is 1. The quantitative estimate of drug-likeness (QED) is 0.445. The van der Waals surface area contributed by atoms with Crippen molar-refractivity contribution in [2.75, 3.05) is 11.4 Å². The van der Waals surface area contributed by atoms with Gasteiger partial charge in [-0.3, -0.25) is 14.7 Å². The summed E-state index contributed by atoms with van der Waals surface area (Å²) < 4.78 is 14.3. The molecule has 6 nitrogen and oxygen atoms in total. The van der Waals surface area contributed by atoms with E-state index >= 15 is 0 Å². The van der Waals surface area contributed by atoms with Crippen LogP contribution in [-0.4, -0.2) is 34.6 Å². The van der Waals surface area contributed by atoms with Gasteiger partial charge in [0.15, 0.2) is 5.69 Å². The van der Waals surface area contributed by atoms with Gasteiger partial charge in [0, 0.05) is 28.0 Å². The van der Waals surface area contributed by atoms with Gasteiger partial charge in [0.2, 0.25) is 5.91 Å². The Kier molecular flexibility index (Phi) is 6.76. The molecule has 0 spiro atoms. The zero-order valence-corrected chi connectivity index (χ0v) is 19.5. The summed E-state index contributed by atoms with van der Waals surface area (Å²) in [7, 11) is 0. The number of hydrogen-bond donors (Lipinski definition) is 2. The van der Waals surface area contributed by atoms with Gasteiger partial charge in [0.1, 0.15) is 5.82 Å². The minimum atomic E-state index is -0.436. The van der Waals surface area contributed by atoms with E-state index in [4.69, 9.17) is 11.6 Å². The lowest BCUT2D eigenvalue weighted by molar-refractivity contribution is -0.118. The highest BCUT2D eigenvalue weighted by Gasteiger charge is 2.24. The molecule has 162 valence electrons. The molecule has 1 aliphatic rings. The lowest BCUT2D eigenvalue weighted by Gasteiger charge is -2.23. The van der Waals surface area contributed by atoms with Crippen molar-refractivity contribution in [3.8, 4) is 0 Å². The van der Waals surface area contributed by atoms with E-state index in [2.05, 4.69) is 38.1 Å². The molecule has 0 radical (unpaired) electrons. The number of halogens is 3. The topological polar surface area (TPSA) is 78.1 Å². The number of benzene rings is 2. The van der Waals surface area contributed by atoms with Crippen molar-refractivity contribution in [3.63, 3.8) is 0 Å². The van der Waals surface area contributed by atoms with Crippen molar-refractivity contribution in [2.45, 2.75) is 38.1 Å². The van der Waals surface area contributed by atoms with E-state index in [9.17, 15) is 14.0 Å². The summed E-state index contributed by atoms with van der Waals surface area (Å²) in [6.07, 6.45) is 3.14. The van der Waals surface area contributed by atoms with E-state index in [1.807, 2.05) is 18.2 Å². The fourth-order valence-corrected chi connectivity index (χ4v) is 4.93. The normalized spacial score (nSPS) is 17.8. The molecule has 4 rings (SSSR count). The number of amides is 2. The Morgan fingerprint density at radius 3 is 2.90 bits per heavy atom. The van der Waals surface area contributed by atoms with Gasteiger partial charge >= 0.3 is 0 Å². The number of nitrogens with zero attached hydrogens (tertiary/aromatic N) is 2. The third kappa shape index (κ3) is 4.85. The van der Waals surface area contributed by atoms with E-state index in [-0.39, 0.29) is 29.3 Å². The second-order valence-corrected chi connectivity index (χ2v) is 9.15. The fourth-order valence-electron chi connectivity index (χ4n) is 3.91. The van der Waals surface area contributed by atoms with Crippen LogP contribution >= 0.6 is 34.2 Å². The summed E-state index contributed by atoms with van der Waals surface area (Å²) in [4.78, 5) is 27.4. The molecule has 1 atom stereocenters. The molecule has 1 saturated heterocycles. The first-order chi connectivity index (χ1) is 14.9. The highest BCUT2D eigenvalue weighted by Crippen LogP contribution is 2.29. The summed E-state index contributed by atoms with van der Waals surface area (Å²) in [5.74, 6) is -0.770. The number of aromatic nitrogens is 2. The number of fused-ring (bicyclic) bond motifs is 1. The third-order valence-electron chi connectivity index (χ3n) is 5.48. The molecule has 0 aliphatic carbocycles. The Morgan fingerprint density at radius 2 is 2.10 bits per heavy atom. The zero-order chi connectivity index (χ0) is 22.0. The minimum absolute atomic E-state index is 0.0885. The molecule has 2 amide bonds. The van der Waals surface area contributed by atoms with Crippen LogP contribution in [0.2, 0.25) is 5.02 Å². The summed E-state index contributed by atoms with van der Waals surface area (Å²) in [5, 5.41) is 11.2. The predicted molar refractivity (Wildman–Crippen MR) is 127 cm³/mol. The first kappa shape index (κ1) is 22.0. The molecular formula is C22H21ClFIN4O2. The molecule has 1 fully saturated rings. The molecule has 2 N–H and O–H groups in total. The first-order valence-corrected chi connectivity index (χ1v) is 11.6. The molecule has 0 saturated carbocycles. The molecule has 1 aromatic heterocycles. The summed E-state index contributed by atoms with van der Waals surface area (Å²) >= 11 is 8.37. The Balaban J connectivity index is 1.47. The molecule has 2 heterocycles. The number of anilines is 1. The van der Waals surface area contributed by atoms with Gasteiger partial charge in [-0.15, -0.1) is 0 Å². The standard InChI is InChI=1S/C22H21ClFIN4O2/c23-15-12-13(24)7-9-18(15)29-11-2-1-4-14(8-10-19(29)30)26-22(31)21-20-16(25)5-3-6-17(20)27-28-21/h3,5-7,9,12,14H,1-2,4,8,10-11H2,(H,26,31)(H,27,28)/t14-/m1/s1. The molecule has 1 aliphatic heterocycles. The monoisotopic (exact) mass is 554 g/mol. The number of carbonyl (C=O) groups is 2. The number of hydrogen-bond acceptors (Lipinski definition) is 3. The van der Waals surface area contributed by atoms with E-state index < -0.39 is 5.82 Å². The average Bonchev–Trinajstić information content (AvgIpc) is 3.20.